The number of thiophene rings is 1. The lowest BCUT2D eigenvalue weighted by atomic mass is 10.2. The van der Waals surface area contributed by atoms with Gasteiger partial charge in [-0.3, -0.25) is 4.79 Å². The molecule has 0 fully saturated rings. The third kappa shape index (κ3) is 4.72. The third-order valence-corrected chi connectivity index (χ3v) is 3.90. The van der Waals surface area contributed by atoms with Gasteiger partial charge in [-0.15, -0.1) is 11.3 Å². The van der Waals surface area contributed by atoms with Crippen molar-refractivity contribution < 1.29 is 9.53 Å². The van der Waals surface area contributed by atoms with Crippen LogP contribution in [0.2, 0.25) is 0 Å². The van der Waals surface area contributed by atoms with Crippen LogP contribution in [0.5, 0.6) is 5.75 Å². The van der Waals surface area contributed by atoms with Crippen molar-refractivity contribution >= 4 is 23.5 Å². The van der Waals surface area contributed by atoms with Crippen LogP contribution >= 0.6 is 11.3 Å². The Bertz CT molecular complexity index is 635. The van der Waals surface area contributed by atoms with Gasteiger partial charge >= 0.3 is 0 Å². The Morgan fingerprint density at radius 2 is 2.29 bits per heavy atom. The molecule has 2 aromatic rings. The quantitative estimate of drug-likeness (QED) is 0.658. The van der Waals surface area contributed by atoms with Crippen molar-refractivity contribution in [2.75, 3.05) is 6.61 Å². The van der Waals surface area contributed by atoms with Crippen molar-refractivity contribution in [3.05, 3.63) is 51.7 Å². The molecule has 2 rings (SSSR count). The van der Waals surface area contributed by atoms with E-state index < -0.39 is 0 Å². The van der Waals surface area contributed by atoms with E-state index in [0.29, 0.717) is 5.75 Å². The number of rotatable bonds is 6. The van der Waals surface area contributed by atoms with Gasteiger partial charge in [0.05, 0.1) is 6.21 Å². The van der Waals surface area contributed by atoms with Crippen molar-refractivity contribution in [1.29, 1.82) is 0 Å². The van der Waals surface area contributed by atoms with Crippen molar-refractivity contribution in [3.63, 3.8) is 0 Å². The van der Waals surface area contributed by atoms with Gasteiger partial charge in [0, 0.05) is 4.88 Å². The lowest BCUT2D eigenvalue weighted by Crippen LogP contribution is -2.24. The van der Waals surface area contributed by atoms with Crippen LogP contribution in [-0.4, -0.2) is 18.7 Å². The number of amides is 1. The van der Waals surface area contributed by atoms with E-state index in [4.69, 9.17) is 4.74 Å². The minimum absolute atomic E-state index is 0.0477. The standard InChI is InChI=1S/C16H18N2O2S/c1-3-13-5-4-6-14(9-13)20-11-16(19)18-17-10-15-12(2)7-8-21-15/h4-10H,3,11H2,1-2H3,(H,18,19)/b17-10+. The molecule has 0 radical (unpaired) electrons. The maximum atomic E-state index is 11.6. The van der Waals surface area contributed by atoms with Gasteiger partial charge in [-0.05, 0) is 48.1 Å². The molecule has 0 bridgehead atoms. The zero-order chi connectivity index (χ0) is 15.1. The molecule has 1 aromatic heterocycles. The molecule has 0 spiro atoms. The summed E-state index contributed by atoms with van der Waals surface area (Å²) in [6.07, 6.45) is 2.59. The summed E-state index contributed by atoms with van der Waals surface area (Å²) in [6.45, 7) is 4.03. The number of benzene rings is 1. The molecule has 0 saturated carbocycles. The predicted octanol–water partition coefficient (Wildman–Crippen LogP) is 3.15. The van der Waals surface area contributed by atoms with Crippen LogP contribution in [0.1, 0.15) is 22.9 Å². The van der Waals surface area contributed by atoms with E-state index in [1.807, 2.05) is 42.6 Å². The highest BCUT2D eigenvalue weighted by atomic mass is 32.1. The smallest absolute Gasteiger partial charge is 0.277 e. The lowest BCUT2D eigenvalue weighted by Gasteiger charge is -2.06. The molecule has 0 unspecified atom stereocenters. The van der Waals surface area contributed by atoms with Crippen LogP contribution in [-0.2, 0) is 11.2 Å². The molecule has 0 atom stereocenters. The van der Waals surface area contributed by atoms with Crippen LogP contribution in [0.4, 0.5) is 0 Å². The summed E-state index contributed by atoms with van der Waals surface area (Å²) >= 11 is 1.58. The fraction of sp³-hybridized carbons (Fsp3) is 0.250. The highest BCUT2D eigenvalue weighted by molar-refractivity contribution is 7.11. The molecule has 5 heteroatoms. The minimum Gasteiger partial charge on any atom is -0.484 e. The number of nitrogens with zero attached hydrogens (tertiary/aromatic N) is 1. The highest BCUT2D eigenvalue weighted by Gasteiger charge is 2.02. The fourth-order valence-electron chi connectivity index (χ4n) is 1.72. The van der Waals surface area contributed by atoms with E-state index >= 15 is 0 Å². The molecule has 110 valence electrons. The molecular weight excluding hydrogens is 284 g/mol. The average molecular weight is 302 g/mol. The molecule has 1 N–H and O–H groups in total. The SMILES string of the molecule is CCc1cccc(OCC(=O)N/N=C/c2sccc2C)c1. The van der Waals surface area contributed by atoms with E-state index in [9.17, 15) is 4.79 Å². The van der Waals surface area contributed by atoms with Crippen LogP contribution in [0.25, 0.3) is 0 Å². The van der Waals surface area contributed by atoms with Crippen LogP contribution < -0.4 is 10.2 Å². The number of aryl methyl sites for hydroxylation is 2. The van der Waals surface area contributed by atoms with Crippen molar-refractivity contribution in [1.82, 2.24) is 5.43 Å². The van der Waals surface area contributed by atoms with Crippen LogP contribution in [0, 0.1) is 6.92 Å². The van der Waals surface area contributed by atoms with Gasteiger partial charge in [0.15, 0.2) is 6.61 Å². The van der Waals surface area contributed by atoms with Crippen molar-refractivity contribution in [2.45, 2.75) is 20.3 Å². The molecule has 1 heterocycles. The Morgan fingerprint density at radius 3 is 3.00 bits per heavy atom. The Labute approximate surface area is 128 Å². The topological polar surface area (TPSA) is 50.7 Å². The van der Waals surface area contributed by atoms with Crippen LogP contribution in [0.15, 0.2) is 40.8 Å². The first kappa shape index (κ1) is 15.3. The predicted molar refractivity (Wildman–Crippen MR) is 86.1 cm³/mol. The van der Waals surface area contributed by atoms with E-state index in [-0.39, 0.29) is 12.5 Å². The summed E-state index contributed by atoms with van der Waals surface area (Å²) < 4.78 is 5.44. The molecule has 0 aliphatic heterocycles. The first-order valence-electron chi connectivity index (χ1n) is 6.76. The summed E-state index contributed by atoms with van der Waals surface area (Å²) in [5.41, 5.74) is 4.78. The van der Waals surface area contributed by atoms with Gasteiger partial charge in [0.2, 0.25) is 0 Å². The normalized spacial score (nSPS) is 10.8. The number of carbonyl (C=O) groups is 1. The molecular formula is C16H18N2O2S. The van der Waals surface area contributed by atoms with Gasteiger partial charge in [0.25, 0.3) is 5.91 Å². The van der Waals surface area contributed by atoms with Gasteiger partial charge in [-0.2, -0.15) is 5.10 Å². The Kier molecular flexibility index (Phi) is 5.51. The summed E-state index contributed by atoms with van der Waals surface area (Å²) in [6, 6.07) is 9.73. The maximum Gasteiger partial charge on any atom is 0.277 e. The molecule has 0 aliphatic rings. The fourth-order valence-corrected chi connectivity index (χ4v) is 2.50. The minimum atomic E-state index is -0.276. The summed E-state index contributed by atoms with van der Waals surface area (Å²) in [7, 11) is 0. The summed E-state index contributed by atoms with van der Waals surface area (Å²) in [4.78, 5) is 12.7. The van der Waals surface area contributed by atoms with Crippen LogP contribution in [0.3, 0.4) is 0 Å². The first-order chi connectivity index (χ1) is 10.2. The Hall–Kier alpha value is -2.14. The van der Waals surface area contributed by atoms with Crippen molar-refractivity contribution in [2.24, 2.45) is 5.10 Å². The third-order valence-electron chi connectivity index (χ3n) is 2.95. The summed E-state index contributed by atoms with van der Waals surface area (Å²) in [5, 5.41) is 5.91. The number of hydrogen-bond acceptors (Lipinski definition) is 4. The molecule has 4 nitrogen and oxygen atoms in total. The Balaban J connectivity index is 1.79. The number of nitrogens with one attached hydrogen (secondary N) is 1. The van der Waals surface area contributed by atoms with Crippen molar-refractivity contribution in [3.8, 4) is 5.75 Å². The highest BCUT2D eigenvalue weighted by Crippen LogP contribution is 2.13. The second-order valence-corrected chi connectivity index (χ2v) is 5.50. The molecule has 0 aliphatic carbocycles. The zero-order valence-corrected chi connectivity index (χ0v) is 12.9. The van der Waals surface area contributed by atoms with Gasteiger partial charge in [-0.25, -0.2) is 5.43 Å². The number of hydrogen-bond donors (Lipinski definition) is 1. The Morgan fingerprint density at radius 1 is 1.43 bits per heavy atom. The first-order valence-corrected chi connectivity index (χ1v) is 7.64. The van der Waals surface area contributed by atoms with Gasteiger partial charge in [-0.1, -0.05) is 19.1 Å². The van der Waals surface area contributed by atoms with E-state index in [0.717, 1.165) is 16.9 Å². The van der Waals surface area contributed by atoms with Gasteiger partial charge < -0.3 is 4.74 Å². The number of carbonyl (C=O) groups excluding carboxylic acids is 1. The number of hydrazone groups is 1. The molecule has 0 saturated heterocycles. The van der Waals surface area contributed by atoms with Gasteiger partial charge in [0.1, 0.15) is 5.75 Å². The largest absolute Gasteiger partial charge is 0.484 e. The molecule has 1 aromatic carbocycles. The second kappa shape index (κ2) is 7.59. The number of ether oxygens (including phenoxy) is 1. The van der Waals surface area contributed by atoms with E-state index in [1.54, 1.807) is 17.6 Å². The monoisotopic (exact) mass is 302 g/mol. The molecule has 1 amide bonds. The summed E-state index contributed by atoms with van der Waals surface area (Å²) in [5.74, 6) is 0.421. The van der Waals surface area contributed by atoms with E-state index in [2.05, 4.69) is 17.5 Å². The molecule has 21 heavy (non-hydrogen) atoms. The average Bonchev–Trinajstić information content (AvgIpc) is 2.91. The maximum absolute atomic E-state index is 11.6. The van der Waals surface area contributed by atoms with E-state index in [1.165, 1.54) is 5.56 Å². The zero-order valence-electron chi connectivity index (χ0n) is 12.1. The second-order valence-electron chi connectivity index (χ2n) is 4.55. The lowest BCUT2D eigenvalue weighted by molar-refractivity contribution is -0.123.